The van der Waals surface area contributed by atoms with Crippen LogP contribution < -0.4 is 0 Å². The number of rotatable bonds is 8. The van der Waals surface area contributed by atoms with E-state index < -0.39 is 0 Å². The lowest BCUT2D eigenvalue weighted by Gasteiger charge is -2.28. The van der Waals surface area contributed by atoms with Gasteiger partial charge in [0.25, 0.3) is 0 Å². The van der Waals surface area contributed by atoms with Gasteiger partial charge < -0.3 is 18.6 Å². The topological polar surface area (TPSA) is 70.8 Å². The molecule has 0 unspecified atom stereocenters. The van der Waals surface area contributed by atoms with E-state index in [1.165, 1.54) is 5.56 Å². The normalized spacial score (nSPS) is 21.9. The first-order valence-electron chi connectivity index (χ1n) is 10.5. The quantitative estimate of drug-likeness (QED) is 0.473. The summed E-state index contributed by atoms with van der Waals surface area (Å²) in [6.45, 7) is 4.45. The Morgan fingerprint density at radius 2 is 1.93 bits per heavy atom. The van der Waals surface area contributed by atoms with Crippen LogP contribution in [0, 0.1) is 19.8 Å². The zero-order chi connectivity index (χ0) is 20.2. The third kappa shape index (κ3) is 5.46. The molecule has 2 saturated carbocycles. The summed E-state index contributed by atoms with van der Waals surface area (Å²) in [7, 11) is 0. The van der Waals surface area contributed by atoms with Gasteiger partial charge in [-0.2, -0.15) is 0 Å². The molecule has 2 fully saturated rings. The van der Waals surface area contributed by atoms with Gasteiger partial charge in [-0.25, -0.2) is 4.98 Å². The number of aryl methyl sites for hydroxylation is 2. The highest BCUT2D eigenvalue weighted by Gasteiger charge is 2.31. The number of hydrogen-bond acceptors (Lipinski definition) is 6. The molecule has 4 rings (SSSR count). The summed E-state index contributed by atoms with van der Waals surface area (Å²) >= 11 is 0. The van der Waals surface area contributed by atoms with E-state index in [2.05, 4.69) is 24.0 Å². The molecule has 0 radical (unpaired) electrons. The van der Waals surface area contributed by atoms with Gasteiger partial charge in [-0.05, 0) is 64.5 Å². The number of carbonyl (C=O) groups excluding carboxylic acids is 1. The van der Waals surface area contributed by atoms with Crippen molar-refractivity contribution in [3.05, 3.63) is 41.3 Å². The molecular weight excluding hydrogens is 370 g/mol. The van der Waals surface area contributed by atoms with E-state index in [1.54, 1.807) is 0 Å². The van der Waals surface area contributed by atoms with Gasteiger partial charge in [0.2, 0.25) is 5.89 Å². The number of hydrogen-bond donors (Lipinski definition) is 0. The monoisotopic (exact) mass is 399 g/mol. The summed E-state index contributed by atoms with van der Waals surface area (Å²) < 4.78 is 22.9. The van der Waals surface area contributed by atoms with Gasteiger partial charge in [0, 0.05) is 5.56 Å². The van der Waals surface area contributed by atoms with Gasteiger partial charge in [-0.3, -0.25) is 4.79 Å². The first kappa shape index (κ1) is 20.1. The highest BCUT2D eigenvalue weighted by molar-refractivity contribution is 5.74. The SMILES string of the molecule is Cc1cccc(-c2nc(CO[C@H]3CCC[C@@H](OCOC(=O)C4CC4)C3)c(C)o2)c1. The predicted octanol–water partition coefficient (Wildman–Crippen LogP) is 4.71. The number of esters is 1. The van der Waals surface area contributed by atoms with Crippen LogP contribution in [0.5, 0.6) is 0 Å². The lowest BCUT2D eigenvalue weighted by atomic mass is 9.95. The molecule has 0 aliphatic heterocycles. The minimum Gasteiger partial charge on any atom is -0.441 e. The number of aromatic nitrogens is 1. The number of benzene rings is 1. The van der Waals surface area contributed by atoms with E-state index in [4.69, 9.17) is 18.6 Å². The smallest absolute Gasteiger partial charge is 0.311 e. The summed E-state index contributed by atoms with van der Waals surface area (Å²) in [5, 5.41) is 0. The third-order valence-electron chi connectivity index (χ3n) is 5.61. The maximum atomic E-state index is 11.6. The summed E-state index contributed by atoms with van der Waals surface area (Å²) in [4.78, 5) is 16.2. The minimum absolute atomic E-state index is 0.0506. The molecule has 2 aliphatic carbocycles. The van der Waals surface area contributed by atoms with Gasteiger partial charge in [0.15, 0.2) is 6.79 Å². The molecule has 2 aliphatic rings. The van der Waals surface area contributed by atoms with Crippen LogP contribution >= 0.6 is 0 Å². The second-order valence-corrected chi connectivity index (χ2v) is 8.14. The van der Waals surface area contributed by atoms with Crippen molar-refractivity contribution >= 4 is 5.97 Å². The maximum Gasteiger partial charge on any atom is 0.311 e. The van der Waals surface area contributed by atoms with Gasteiger partial charge in [-0.1, -0.05) is 17.7 Å². The van der Waals surface area contributed by atoms with Crippen LogP contribution in [0.15, 0.2) is 28.7 Å². The van der Waals surface area contributed by atoms with Crippen molar-refractivity contribution in [3.63, 3.8) is 0 Å². The van der Waals surface area contributed by atoms with E-state index in [9.17, 15) is 4.79 Å². The highest BCUT2D eigenvalue weighted by Crippen LogP contribution is 2.30. The zero-order valence-corrected chi connectivity index (χ0v) is 17.2. The second kappa shape index (κ2) is 9.09. The first-order chi connectivity index (χ1) is 14.1. The van der Waals surface area contributed by atoms with Crippen molar-refractivity contribution in [2.45, 2.75) is 71.2 Å². The van der Waals surface area contributed by atoms with Crippen LogP contribution in [0.3, 0.4) is 0 Å². The Balaban J connectivity index is 1.25. The lowest BCUT2D eigenvalue weighted by Crippen LogP contribution is -2.29. The van der Waals surface area contributed by atoms with Crippen molar-refractivity contribution in [2.24, 2.45) is 5.92 Å². The summed E-state index contributed by atoms with van der Waals surface area (Å²) in [5.41, 5.74) is 2.99. The van der Waals surface area contributed by atoms with Crippen LogP contribution in [0.2, 0.25) is 0 Å². The third-order valence-corrected chi connectivity index (χ3v) is 5.61. The fourth-order valence-corrected chi connectivity index (χ4v) is 3.69. The fraction of sp³-hybridized carbons (Fsp3) is 0.565. The molecule has 0 spiro atoms. The summed E-state index contributed by atoms with van der Waals surface area (Å²) in [6, 6.07) is 8.12. The molecule has 2 atom stereocenters. The number of oxazole rings is 1. The van der Waals surface area contributed by atoms with Gasteiger partial charge in [-0.15, -0.1) is 0 Å². The standard InChI is InChI=1S/C23H29NO5/c1-15-5-3-6-18(11-15)22-24-21(16(2)29-22)13-26-19-7-4-8-20(12-19)27-14-28-23(25)17-9-10-17/h3,5-6,11,17,19-20H,4,7-10,12-14H2,1-2H3/t19-,20+/m0/s1. The maximum absolute atomic E-state index is 11.6. The number of nitrogens with zero attached hydrogens (tertiary/aromatic N) is 1. The molecule has 2 aromatic rings. The van der Waals surface area contributed by atoms with Crippen molar-refractivity contribution < 1.29 is 23.4 Å². The molecule has 0 saturated heterocycles. The van der Waals surface area contributed by atoms with Crippen LogP contribution in [0.4, 0.5) is 0 Å². The Morgan fingerprint density at radius 1 is 1.14 bits per heavy atom. The first-order valence-corrected chi connectivity index (χ1v) is 10.5. The molecule has 0 bridgehead atoms. The van der Waals surface area contributed by atoms with E-state index in [0.29, 0.717) is 12.5 Å². The Hall–Kier alpha value is -2.18. The zero-order valence-electron chi connectivity index (χ0n) is 17.2. The second-order valence-electron chi connectivity index (χ2n) is 8.14. The fourth-order valence-electron chi connectivity index (χ4n) is 3.69. The molecule has 1 aromatic carbocycles. The van der Waals surface area contributed by atoms with Crippen molar-refractivity contribution in [3.8, 4) is 11.5 Å². The molecule has 0 N–H and O–H groups in total. The van der Waals surface area contributed by atoms with E-state index >= 15 is 0 Å². The van der Waals surface area contributed by atoms with Crippen LogP contribution in [-0.4, -0.2) is 30.0 Å². The van der Waals surface area contributed by atoms with Crippen molar-refractivity contribution in [2.75, 3.05) is 6.79 Å². The van der Waals surface area contributed by atoms with Gasteiger partial charge in [0.1, 0.15) is 11.5 Å². The van der Waals surface area contributed by atoms with E-state index in [0.717, 1.165) is 55.5 Å². The Morgan fingerprint density at radius 3 is 2.69 bits per heavy atom. The largest absolute Gasteiger partial charge is 0.441 e. The summed E-state index contributed by atoms with van der Waals surface area (Å²) in [5.74, 6) is 1.40. The van der Waals surface area contributed by atoms with E-state index in [-0.39, 0.29) is 30.9 Å². The molecule has 1 aromatic heterocycles. The molecule has 1 heterocycles. The molecule has 6 nitrogen and oxygen atoms in total. The summed E-state index contributed by atoms with van der Waals surface area (Å²) in [6.07, 6.45) is 5.91. The van der Waals surface area contributed by atoms with Crippen molar-refractivity contribution in [1.29, 1.82) is 0 Å². The predicted molar refractivity (Wildman–Crippen MR) is 107 cm³/mol. The Bertz CT molecular complexity index is 842. The van der Waals surface area contributed by atoms with Gasteiger partial charge in [0.05, 0.1) is 24.7 Å². The van der Waals surface area contributed by atoms with E-state index in [1.807, 2.05) is 19.1 Å². The molecule has 6 heteroatoms. The molecule has 0 amide bonds. The molecule has 29 heavy (non-hydrogen) atoms. The average molecular weight is 399 g/mol. The van der Waals surface area contributed by atoms with Crippen molar-refractivity contribution in [1.82, 2.24) is 4.98 Å². The molecule has 156 valence electrons. The molecular formula is C23H29NO5. The van der Waals surface area contributed by atoms with Crippen LogP contribution in [0.1, 0.15) is 55.5 Å². The number of carbonyl (C=O) groups is 1. The highest BCUT2D eigenvalue weighted by atomic mass is 16.7. The van der Waals surface area contributed by atoms with Crippen LogP contribution in [-0.2, 0) is 25.6 Å². The van der Waals surface area contributed by atoms with Gasteiger partial charge >= 0.3 is 5.97 Å². The van der Waals surface area contributed by atoms with Crippen LogP contribution in [0.25, 0.3) is 11.5 Å². The minimum atomic E-state index is -0.125. The Kier molecular flexibility index (Phi) is 6.31. The lowest BCUT2D eigenvalue weighted by molar-refractivity contribution is -0.166. The Labute approximate surface area is 171 Å². The number of ether oxygens (including phenoxy) is 3. The average Bonchev–Trinajstić information content (AvgIpc) is 3.50.